The number of nitrogens with one attached hydrogen (secondary N) is 1. The highest BCUT2D eigenvalue weighted by Gasteiger charge is 2.22. The van der Waals surface area contributed by atoms with Gasteiger partial charge in [-0.2, -0.15) is 0 Å². The van der Waals surface area contributed by atoms with Crippen LogP contribution in [0.4, 0.5) is 5.69 Å². The highest BCUT2D eigenvalue weighted by atomic mass is 35.5. The second-order valence-corrected chi connectivity index (χ2v) is 9.50. The summed E-state index contributed by atoms with van der Waals surface area (Å²) in [6.07, 6.45) is 0.823. The Morgan fingerprint density at radius 2 is 1.60 bits per heavy atom. The second kappa shape index (κ2) is 8.30. The summed E-state index contributed by atoms with van der Waals surface area (Å²) in [5, 5.41) is 0.433. The van der Waals surface area contributed by atoms with Crippen molar-refractivity contribution >= 4 is 44.8 Å². The molecule has 1 heterocycles. The molecule has 0 atom stereocenters. The van der Waals surface area contributed by atoms with Gasteiger partial charge >= 0.3 is 0 Å². The van der Waals surface area contributed by atoms with Crippen LogP contribution in [0.2, 0.25) is 10.0 Å². The van der Waals surface area contributed by atoms with Crippen molar-refractivity contribution in [2.45, 2.75) is 17.9 Å². The number of carbonyl (C=O) groups is 1. The van der Waals surface area contributed by atoms with Crippen LogP contribution in [0, 0.1) is 0 Å². The third kappa shape index (κ3) is 4.31. The number of amides is 1. The Hall–Kier alpha value is -2.54. The predicted octanol–water partition coefficient (Wildman–Crippen LogP) is 4.99. The standard InChI is InChI=1S/C22H18Cl2N2O3S/c23-20-10-9-19(13-21(20)24)30(28,29)25-18-7-5-16(6-8-18)22(27)26-12-11-15-3-1-2-4-17(15)14-26/h1-10,13,25H,11-12,14H2. The molecule has 0 saturated carbocycles. The molecule has 4 rings (SSSR count). The van der Waals surface area contributed by atoms with Crippen molar-refractivity contribution in [1.82, 2.24) is 4.90 Å². The van der Waals surface area contributed by atoms with Gasteiger partial charge in [-0.25, -0.2) is 8.42 Å². The summed E-state index contributed by atoms with van der Waals surface area (Å²) in [5.74, 6) is -0.0802. The lowest BCUT2D eigenvalue weighted by Crippen LogP contribution is -2.35. The van der Waals surface area contributed by atoms with E-state index in [9.17, 15) is 13.2 Å². The van der Waals surface area contributed by atoms with Crippen LogP contribution < -0.4 is 4.72 Å². The topological polar surface area (TPSA) is 66.5 Å². The van der Waals surface area contributed by atoms with E-state index >= 15 is 0 Å². The molecule has 1 N–H and O–H groups in total. The van der Waals surface area contributed by atoms with Gasteiger partial charge in [-0.1, -0.05) is 47.5 Å². The van der Waals surface area contributed by atoms with Crippen molar-refractivity contribution in [3.63, 3.8) is 0 Å². The van der Waals surface area contributed by atoms with Gasteiger partial charge in [-0.3, -0.25) is 9.52 Å². The quantitative estimate of drug-likeness (QED) is 0.595. The minimum Gasteiger partial charge on any atom is -0.334 e. The van der Waals surface area contributed by atoms with Gasteiger partial charge in [-0.15, -0.1) is 0 Å². The molecule has 0 saturated heterocycles. The van der Waals surface area contributed by atoms with Crippen LogP contribution in [0.15, 0.2) is 71.6 Å². The van der Waals surface area contributed by atoms with E-state index in [0.717, 1.165) is 12.0 Å². The lowest BCUT2D eigenvalue weighted by Gasteiger charge is -2.29. The summed E-state index contributed by atoms with van der Waals surface area (Å²) in [6.45, 7) is 1.22. The molecule has 0 spiro atoms. The number of nitrogens with zero attached hydrogens (tertiary/aromatic N) is 1. The Bertz CT molecular complexity index is 1210. The molecule has 8 heteroatoms. The second-order valence-electron chi connectivity index (χ2n) is 7.00. The van der Waals surface area contributed by atoms with Crippen LogP contribution in [0.25, 0.3) is 0 Å². The average Bonchev–Trinajstić information content (AvgIpc) is 2.75. The number of anilines is 1. The number of fused-ring (bicyclic) bond motifs is 1. The van der Waals surface area contributed by atoms with E-state index in [1.165, 1.54) is 23.8 Å². The molecule has 0 aliphatic carbocycles. The first kappa shape index (κ1) is 20.7. The number of carbonyl (C=O) groups excluding carboxylic acids is 1. The van der Waals surface area contributed by atoms with Crippen LogP contribution in [0.1, 0.15) is 21.5 Å². The molecular formula is C22H18Cl2N2O3S. The number of halogens is 2. The lowest BCUT2D eigenvalue weighted by atomic mass is 9.99. The van der Waals surface area contributed by atoms with Crippen LogP contribution in [0.3, 0.4) is 0 Å². The van der Waals surface area contributed by atoms with Gasteiger partial charge in [-0.05, 0) is 60.0 Å². The van der Waals surface area contributed by atoms with E-state index in [-0.39, 0.29) is 20.8 Å². The van der Waals surface area contributed by atoms with E-state index in [1.54, 1.807) is 29.2 Å². The number of rotatable bonds is 4. The van der Waals surface area contributed by atoms with Gasteiger partial charge in [0.1, 0.15) is 0 Å². The zero-order chi connectivity index (χ0) is 21.3. The van der Waals surface area contributed by atoms with Gasteiger partial charge in [0.2, 0.25) is 0 Å². The zero-order valence-electron chi connectivity index (χ0n) is 15.8. The third-order valence-corrected chi connectivity index (χ3v) is 7.12. The average molecular weight is 461 g/mol. The SMILES string of the molecule is O=C(c1ccc(NS(=O)(=O)c2ccc(Cl)c(Cl)c2)cc1)N1CCc2ccccc2C1. The molecule has 0 fully saturated rings. The monoisotopic (exact) mass is 460 g/mol. The molecule has 1 aliphatic heterocycles. The minimum absolute atomic E-state index is 0.00374. The molecule has 5 nitrogen and oxygen atoms in total. The number of hydrogen-bond acceptors (Lipinski definition) is 3. The first-order valence-electron chi connectivity index (χ1n) is 9.27. The smallest absolute Gasteiger partial charge is 0.261 e. The van der Waals surface area contributed by atoms with E-state index in [4.69, 9.17) is 23.2 Å². The predicted molar refractivity (Wildman–Crippen MR) is 119 cm³/mol. The third-order valence-electron chi connectivity index (χ3n) is 5.00. The van der Waals surface area contributed by atoms with Crippen molar-refractivity contribution in [2.75, 3.05) is 11.3 Å². The summed E-state index contributed by atoms with van der Waals surface area (Å²) >= 11 is 11.8. The Morgan fingerprint density at radius 3 is 2.30 bits per heavy atom. The van der Waals surface area contributed by atoms with Crippen LogP contribution >= 0.6 is 23.2 Å². The highest BCUT2D eigenvalue weighted by Crippen LogP contribution is 2.26. The first-order chi connectivity index (χ1) is 14.3. The van der Waals surface area contributed by atoms with E-state index in [2.05, 4.69) is 10.8 Å². The molecule has 30 heavy (non-hydrogen) atoms. The molecular weight excluding hydrogens is 443 g/mol. The van der Waals surface area contributed by atoms with Gasteiger partial charge in [0.15, 0.2) is 0 Å². The normalized spacial score (nSPS) is 13.6. The Kier molecular flexibility index (Phi) is 5.73. The summed E-state index contributed by atoms with van der Waals surface area (Å²) in [5.41, 5.74) is 3.28. The maximum absolute atomic E-state index is 12.9. The molecule has 3 aromatic carbocycles. The molecule has 1 aliphatic rings. The summed E-state index contributed by atoms with van der Waals surface area (Å²) < 4.78 is 27.6. The van der Waals surface area contributed by atoms with E-state index in [0.29, 0.717) is 24.3 Å². The summed E-state index contributed by atoms with van der Waals surface area (Å²) in [6, 6.07) is 18.6. The molecule has 154 valence electrons. The molecule has 0 unspecified atom stereocenters. The van der Waals surface area contributed by atoms with Crippen LogP contribution in [-0.2, 0) is 23.0 Å². The van der Waals surface area contributed by atoms with Crippen molar-refractivity contribution in [2.24, 2.45) is 0 Å². The zero-order valence-corrected chi connectivity index (χ0v) is 18.1. The fraction of sp³-hybridized carbons (Fsp3) is 0.136. The molecule has 0 bridgehead atoms. The van der Waals surface area contributed by atoms with Crippen molar-refractivity contribution in [3.8, 4) is 0 Å². The highest BCUT2D eigenvalue weighted by molar-refractivity contribution is 7.92. The fourth-order valence-electron chi connectivity index (χ4n) is 3.39. The first-order valence-corrected chi connectivity index (χ1v) is 11.5. The van der Waals surface area contributed by atoms with Crippen molar-refractivity contribution in [3.05, 3.63) is 93.5 Å². The number of hydrogen-bond donors (Lipinski definition) is 1. The lowest BCUT2D eigenvalue weighted by molar-refractivity contribution is 0.0734. The summed E-state index contributed by atoms with van der Waals surface area (Å²) in [7, 11) is -3.83. The van der Waals surface area contributed by atoms with Crippen LogP contribution in [0.5, 0.6) is 0 Å². The van der Waals surface area contributed by atoms with Gasteiger partial charge in [0, 0.05) is 24.3 Å². The Labute approximate surface area is 185 Å². The van der Waals surface area contributed by atoms with Crippen molar-refractivity contribution in [1.29, 1.82) is 0 Å². The summed E-state index contributed by atoms with van der Waals surface area (Å²) in [4.78, 5) is 14.7. The fourth-order valence-corrected chi connectivity index (χ4v) is 4.84. The van der Waals surface area contributed by atoms with Gasteiger partial charge in [0.25, 0.3) is 15.9 Å². The molecule has 0 radical (unpaired) electrons. The minimum atomic E-state index is -3.83. The van der Waals surface area contributed by atoms with E-state index in [1.807, 2.05) is 18.2 Å². The largest absolute Gasteiger partial charge is 0.334 e. The molecule has 0 aromatic heterocycles. The molecule has 3 aromatic rings. The Balaban J connectivity index is 1.47. The van der Waals surface area contributed by atoms with Gasteiger partial charge in [0.05, 0.1) is 14.9 Å². The van der Waals surface area contributed by atoms with E-state index < -0.39 is 10.0 Å². The number of sulfonamides is 1. The van der Waals surface area contributed by atoms with Crippen LogP contribution in [-0.4, -0.2) is 25.8 Å². The maximum atomic E-state index is 12.9. The van der Waals surface area contributed by atoms with Crippen molar-refractivity contribution < 1.29 is 13.2 Å². The Morgan fingerprint density at radius 1 is 0.900 bits per heavy atom. The maximum Gasteiger partial charge on any atom is 0.261 e. The molecule has 1 amide bonds. The van der Waals surface area contributed by atoms with Gasteiger partial charge < -0.3 is 4.90 Å². The number of benzene rings is 3.